The van der Waals surface area contributed by atoms with E-state index in [9.17, 15) is 9.18 Å². The summed E-state index contributed by atoms with van der Waals surface area (Å²) >= 11 is 0. The van der Waals surface area contributed by atoms with Gasteiger partial charge in [-0.25, -0.2) is 19.0 Å². The van der Waals surface area contributed by atoms with Crippen LogP contribution in [0.1, 0.15) is 35.9 Å². The summed E-state index contributed by atoms with van der Waals surface area (Å²) in [7, 11) is 1.69. The highest BCUT2D eigenvalue weighted by atomic mass is 19.1. The van der Waals surface area contributed by atoms with Gasteiger partial charge in [0.1, 0.15) is 17.1 Å². The second kappa shape index (κ2) is 9.74. The highest BCUT2D eigenvalue weighted by Gasteiger charge is 2.25. The molecule has 1 fully saturated rings. The third kappa shape index (κ3) is 4.46. The van der Waals surface area contributed by atoms with E-state index in [2.05, 4.69) is 36.1 Å². The lowest BCUT2D eigenvalue weighted by Gasteiger charge is -2.29. The number of rotatable bonds is 7. The van der Waals surface area contributed by atoms with Crippen molar-refractivity contribution in [3.8, 4) is 35.4 Å². The number of carbonyl (C=O) groups is 1. The molecule has 2 N–H and O–H groups in total. The van der Waals surface area contributed by atoms with Crippen LogP contribution in [0.2, 0.25) is 0 Å². The molecule has 5 heterocycles. The number of nitrogens with two attached hydrogens (primary N) is 1. The van der Waals surface area contributed by atoms with Gasteiger partial charge < -0.3 is 10.6 Å². The highest BCUT2D eigenvalue weighted by molar-refractivity contribution is 5.99. The minimum absolute atomic E-state index is 0.0873. The monoisotopic (exact) mass is 504 g/mol. The first-order chi connectivity index (χ1) is 17.8. The van der Waals surface area contributed by atoms with E-state index in [4.69, 9.17) is 12.2 Å². The molecule has 1 aliphatic rings. The molecule has 0 radical (unpaired) electrons. The fourth-order valence-electron chi connectivity index (χ4n) is 4.80. The number of aromatic nitrogens is 8. The van der Waals surface area contributed by atoms with Gasteiger partial charge in [0.15, 0.2) is 11.6 Å². The topological polar surface area (TPSA) is 126 Å². The summed E-state index contributed by atoms with van der Waals surface area (Å²) in [5.74, 6) is 2.60. The van der Waals surface area contributed by atoms with Gasteiger partial charge in [0.2, 0.25) is 5.82 Å². The van der Waals surface area contributed by atoms with Crippen molar-refractivity contribution >= 4 is 16.8 Å². The van der Waals surface area contributed by atoms with Crippen LogP contribution in [0.15, 0.2) is 12.3 Å². The molecule has 1 saturated heterocycles. The molecule has 1 amide bonds. The highest BCUT2D eigenvalue weighted by Crippen LogP contribution is 2.30. The number of likely N-dealkylation sites (tertiary alicyclic amines) is 1. The molecule has 0 saturated carbocycles. The average Bonchev–Trinajstić information content (AvgIpc) is 3.57. The minimum Gasteiger partial charge on any atom is -0.364 e. The van der Waals surface area contributed by atoms with Gasteiger partial charge in [-0.05, 0) is 45.8 Å². The molecule has 37 heavy (non-hydrogen) atoms. The summed E-state index contributed by atoms with van der Waals surface area (Å²) < 4.78 is 19.7. The van der Waals surface area contributed by atoms with Crippen LogP contribution in [-0.2, 0) is 20.1 Å². The predicted octanol–water partition coefficient (Wildman–Crippen LogP) is 2.00. The number of amides is 1. The Morgan fingerprint density at radius 1 is 1.22 bits per heavy atom. The summed E-state index contributed by atoms with van der Waals surface area (Å²) in [6.45, 7) is 7.23. The van der Waals surface area contributed by atoms with Crippen molar-refractivity contribution in [2.24, 2.45) is 18.7 Å². The van der Waals surface area contributed by atoms with Crippen LogP contribution in [0.4, 0.5) is 4.39 Å². The van der Waals surface area contributed by atoms with Gasteiger partial charge in [0, 0.05) is 31.4 Å². The quantitative estimate of drug-likeness (QED) is 0.382. The molecule has 11 nitrogen and oxygen atoms in total. The number of primary amides is 1. The summed E-state index contributed by atoms with van der Waals surface area (Å²) in [5.41, 5.74) is 7.29. The first-order valence-electron chi connectivity index (χ1n) is 12.3. The molecule has 0 unspecified atom stereocenters. The Kier molecular flexibility index (Phi) is 6.47. The molecular weight excluding hydrogens is 475 g/mol. The Labute approximate surface area is 213 Å². The predicted molar refractivity (Wildman–Crippen MR) is 136 cm³/mol. The molecule has 192 valence electrons. The van der Waals surface area contributed by atoms with Crippen molar-refractivity contribution < 1.29 is 9.18 Å². The Balaban J connectivity index is 1.52. The van der Waals surface area contributed by atoms with E-state index < -0.39 is 11.7 Å². The Bertz CT molecular complexity index is 1520. The lowest BCUT2D eigenvalue weighted by molar-refractivity contribution is 0.0996. The van der Waals surface area contributed by atoms with Crippen LogP contribution in [0.5, 0.6) is 0 Å². The summed E-state index contributed by atoms with van der Waals surface area (Å²) in [6.07, 6.45) is 9.24. The van der Waals surface area contributed by atoms with E-state index in [1.165, 1.54) is 9.36 Å². The van der Waals surface area contributed by atoms with Crippen molar-refractivity contribution in [1.29, 1.82) is 0 Å². The maximum absolute atomic E-state index is 14.9. The van der Waals surface area contributed by atoms with E-state index in [0.29, 0.717) is 41.4 Å². The lowest BCUT2D eigenvalue weighted by atomic mass is 9.98. The van der Waals surface area contributed by atoms with E-state index >= 15 is 0 Å². The zero-order chi connectivity index (χ0) is 26.3. The van der Waals surface area contributed by atoms with Gasteiger partial charge in [-0.15, -0.1) is 17.4 Å². The van der Waals surface area contributed by atoms with Crippen LogP contribution < -0.4 is 5.73 Å². The SMILES string of the molecule is C#CC1CCN(CCn2ncc3c(-c4nc(-c5c(F)c(C)nn5CC)nn4C)nc(C(N)=O)cc32)CC1. The van der Waals surface area contributed by atoms with Crippen LogP contribution in [0, 0.1) is 31.0 Å². The Hall–Kier alpha value is -4.11. The molecule has 0 aromatic carbocycles. The third-order valence-corrected chi connectivity index (χ3v) is 6.89. The third-order valence-electron chi connectivity index (χ3n) is 6.89. The van der Waals surface area contributed by atoms with E-state index in [0.717, 1.165) is 32.5 Å². The van der Waals surface area contributed by atoms with E-state index in [-0.39, 0.29) is 22.9 Å². The number of nitrogens with zero attached hydrogens (tertiary/aromatic N) is 9. The van der Waals surface area contributed by atoms with Crippen LogP contribution in [0.25, 0.3) is 33.9 Å². The smallest absolute Gasteiger partial charge is 0.267 e. The molecule has 4 aromatic heterocycles. The number of fused-ring (bicyclic) bond motifs is 1. The molecule has 0 atom stereocenters. The van der Waals surface area contributed by atoms with Crippen molar-refractivity contribution in [3.63, 3.8) is 0 Å². The van der Waals surface area contributed by atoms with Crippen LogP contribution in [-0.4, -0.2) is 69.8 Å². The van der Waals surface area contributed by atoms with E-state index in [1.54, 1.807) is 26.2 Å². The van der Waals surface area contributed by atoms with Gasteiger partial charge in [0.05, 0.1) is 24.0 Å². The number of hydrogen-bond acceptors (Lipinski definition) is 7. The average molecular weight is 505 g/mol. The van der Waals surface area contributed by atoms with E-state index in [1.807, 2.05) is 11.6 Å². The fraction of sp³-hybridized carbons (Fsp3) is 0.440. The number of halogens is 1. The second-order valence-corrected chi connectivity index (χ2v) is 9.25. The molecule has 4 aromatic rings. The number of carbonyl (C=O) groups excluding carboxylic acids is 1. The van der Waals surface area contributed by atoms with Gasteiger partial charge >= 0.3 is 0 Å². The Morgan fingerprint density at radius 2 is 1.97 bits per heavy atom. The lowest BCUT2D eigenvalue weighted by Crippen LogP contribution is -2.35. The van der Waals surface area contributed by atoms with Gasteiger partial charge in [-0.3, -0.25) is 14.2 Å². The van der Waals surface area contributed by atoms with Crippen molar-refractivity contribution in [1.82, 2.24) is 44.2 Å². The zero-order valence-corrected chi connectivity index (χ0v) is 21.1. The largest absolute Gasteiger partial charge is 0.364 e. The number of piperidine rings is 1. The minimum atomic E-state index is -0.666. The second-order valence-electron chi connectivity index (χ2n) is 9.25. The molecule has 0 bridgehead atoms. The van der Waals surface area contributed by atoms with Crippen LogP contribution >= 0.6 is 0 Å². The van der Waals surface area contributed by atoms with Crippen molar-refractivity contribution in [2.45, 2.75) is 39.8 Å². The normalized spacial score (nSPS) is 14.9. The van der Waals surface area contributed by atoms with Gasteiger partial charge in [-0.1, -0.05) is 0 Å². The fourth-order valence-corrected chi connectivity index (χ4v) is 4.80. The number of pyridine rings is 1. The molecule has 0 aliphatic carbocycles. The van der Waals surface area contributed by atoms with Crippen molar-refractivity contribution in [2.75, 3.05) is 19.6 Å². The maximum Gasteiger partial charge on any atom is 0.267 e. The molecular formula is C25H29FN10O. The molecule has 5 rings (SSSR count). The summed E-state index contributed by atoms with van der Waals surface area (Å²) in [5, 5.41) is 13.9. The molecule has 12 heteroatoms. The first kappa shape index (κ1) is 24.6. The maximum atomic E-state index is 14.9. The summed E-state index contributed by atoms with van der Waals surface area (Å²) in [4.78, 5) is 23.6. The van der Waals surface area contributed by atoms with Crippen molar-refractivity contribution in [3.05, 3.63) is 29.5 Å². The Morgan fingerprint density at radius 3 is 2.65 bits per heavy atom. The molecule has 1 aliphatic heterocycles. The standard InChI is InChI=1S/C25H29FN10O/c1-5-16-7-9-34(10-8-16)11-12-36-19-13-18(23(27)37)29-21(17(19)14-28-36)25-30-24(32-33(25)4)22-20(26)15(3)31-35(22)6-2/h1,13-14,16H,6-12H2,2-4H3,(H2,27,37). The molecule has 0 spiro atoms. The van der Waals surface area contributed by atoms with Gasteiger partial charge in [-0.2, -0.15) is 10.2 Å². The number of terminal acetylenes is 1. The van der Waals surface area contributed by atoms with Gasteiger partial charge in [0.25, 0.3) is 5.91 Å². The number of hydrogen-bond donors (Lipinski definition) is 1. The summed E-state index contributed by atoms with van der Waals surface area (Å²) in [6, 6.07) is 1.64. The first-order valence-corrected chi connectivity index (χ1v) is 12.3. The number of aryl methyl sites for hydroxylation is 3. The zero-order valence-electron chi connectivity index (χ0n) is 21.1. The van der Waals surface area contributed by atoms with Crippen LogP contribution in [0.3, 0.4) is 0 Å².